The zero-order chi connectivity index (χ0) is 11.4. The van der Waals surface area contributed by atoms with E-state index in [-0.39, 0.29) is 0 Å². The van der Waals surface area contributed by atoms with Gasteiger partial charge in [0.2, 0.25) is 0 Å². The summed E-state index contributed by atoms with van der Waals surface area (Å²) in [5.41, 5.74) is 2.71. The molecule has 0 aromatic heterocycles. The van der Waals surface area contributed by atoms with Crippen LogP contribution in [0.2, 0.25) is 0 Å². The molecule has 1 atom stereocenters. The molecule has 0 aliphatic heterocycles. The van der Waals surface area contributed by atoms with Crippen molar-refractivity contribution < 1.29 is 4.74 Å². The molecule has 0 saturated heterocycles. The van der Waals surface area contributed by atoms with E-state index in [1.807, 2.05) is 0 Å². The largest absolute Gasteiger partial charge is 0.380 e. The Balaban J connectivity index is 1.87. The number of benzene rings is 1. The van der Waals surface area contributed by atoms with Crippen LogP contribution in [-0.4, -0.2) is 18.5 Å². The first-order valence-electron chi connectivity index (χ1n) is 6.00. The molecular formula is C14H19BrO. The first kappa shape index (κ1) is 12.1. The Morgan fingerprint density at radius 2 is 2.25 bits per heavy atom. The lowest BCUT2D eigenvalue weighted by atomic mass is 10.0. The van der Waals surface area contributed by atoms with Crippen LogP contribution in [0.3, 0.4) is 0 Å². The molecule has 1 nitrogen and oxygen atoms in total. The Kier molecular flexibility index (Phi) is 4.42. The second-order valence-corrected chi connectivity index (χ2v) is 5.39. The Hall–Kier alpha value is -0.340. The molecule has 2 rings (SSSR count). The number of aryl methyl sites for hydroxylation is 1. The molecule has 0 spiro atoms. The topological polar surface area (TPSA) is 9.23 Å². The van der Waals surface area contributed by atoms with Gasteiger partial charge in [-0.1, -0.05) is 45.8 Å². The molecule has 0 N–H and O–H groups in total. The Labute approximate surface area is 106 Å². The van der Waals surface area contributed by atoms with Gasteiger partial charge in [-0.05, 0) is 31.2 Å². The van der Waals surface area contributed by atoms with Crippen LogP contribution in [0.25, 0.3) is 0 Å². The average Bonchev–Trinajstić information content (AvgIpc) is 3.08. The molecule has 1 aromatic rings. The quantitative estimate of drug-likeness (QED) is 0.719. The van der Waals surface area contributed by atoms with Crippen LogP contribution in [0, 0.1) is 12.8 Å². The Morgan fingerprint density at radius 3 is 2.88 bits per heavy atom. The number of rotatable bonds is 6. The van der Waals surface area contributed by atoms with Gasteiger partial charge >= 0.3 is 0 Å². The van der Waals surface area contributed by atoms with Crippen LogP contribution < -0.4 is 0 Å². The summed E-state index contributed by atoms with van der Waals surface area (Å²) < 4.78 is 5.77. The molecule has 0 amide bonds. The van der Waals surface area contributed by atoms with E-state index in [1.54, 1.807) is 0 Å². The van der Waals surface area contributed by atoms with Crippen LogP contribution in [0.5, 0.6) is 0 Å². The number of halogens is 1. The van der Waals surface area contributed by atoms with Gasteiger partial charge in [0.05, 0.1) is 6.61 Å². The maximum absolute atomic E-state index is 5.77. The van der Waals surface area contributed by atoms with Crippen molar-refractivity contribution in [2.45, 2.75) is 25.7 Å². The second kappa shape index (κ2) is 5.83. The van der Waals surface area contributed by atoms with Gasteiger partial charge in [-0.15, -0.1) is 0 Å². The molecule has 88 valence electrons. The summed E-state index contributed by atoms with van der Waals surface area (Å²) in [4.78, 5) is 0. The van der Waals surface area contributed by atoms with Crippen LogP contribution >= 0.6 is 15.9 Å². The molecule has 1 fully saturated rings. The summed E-state index contributed by atoms with van der Waals surface area (Å²) in [5, 5.41) is 0.973. The number of ether oxygens (including phenoxy) is 1. The van der Waals surface area contributed by atoms with Crippen molar-refractivity contribution in [2.75, 3.05) is 18.5 Å². The molecule has 1 aliphatic carbocycles. The molecule has 1 unspecified atom stereocenters. The lowest BCUT2D eigenvalue weighted by Crippen LogP contribution is -2.11. The van der Waals surface area contributed by atoms with E-state index >= 15 is 0 Å². The van der Waals surface area contributed by atoms with E-state index in [1.165, 1.54) is 24.0 Å². The fourth-order valence-electron chi connectivity index (χ4n) is 1.82. The molecular weight excluding hydrogens is 264 g/mol. The highest BCUT2D eigenvalue weighted by Crippen LogP contribution is 2.29. The van der Waals surface area contributed by atoms with Gasteiger partial charge in [-0.2, -0.15) is 0 Å². The van der Waals surface area contributed by atoms with Crippen molar-refractivity contribution in [3.05, 3.63) is 35.4 Å². The minimum Gasteiger partial charge on any atom is -0.380 e. The SMILES string of the molecule is Cc1cccc(C(CBr)COCC2CC2)c1. The summed E-state index contributed by atoms with van der Waals surface area (Å²) >= 11 is 3.58. The summed E-state index contributed by atoms with van der Waals surface area (Å²) in [6, 6.07) is 8.72. The standard InChI is InChI=1S/C14H19BrO/c1-11-3-2-4-13(7-11)14(8-15)10-16-9-12-5-6-12/h2-4,7,12,14H,5-6,8-10H2,1H3. The van der Waals surface area contributed by atoms with Crippen molar-refractivity contribution in [3.63, 3.8) is 0 Å². The average molecular weight is 283 g/mol. The minimum absolute atomic E-state index is 0.485. The lowest BCUT2D eigenvalue weighted by Gasteiger charge is -2.15. The van der Waals surface area contributed by atoms with E-state index in [4.69, 9.17) is 4.74 Å². The van der Waals surface area contributed by atoms with Gasteiger partial charge in [-0.3, -0.25) is 0 Å². The fourth-order valence-corrected chi connectivity index (χ4v) is 2.38. The predicted molar refractivity (Wildman–Crippen MR) is 71.3 cm³/mol. The monoisotopic (exact) mass is 282 g/mol. The van der Waals surface area contributed by atoms with Gasteiger partial charge in [0.15, 0.2) is 0 Å². The third-order valence-corrected chi connectivity index (χ3v) is 3.85. The molecule has 2 heteroatoms. The van der Waals surface area contributed by atoms with Crippen molar-refractivity contribution in [2.24, 2.45) is 5.92 Å². The fraction of sp³-hybridized carbons (Fsp3) is 0.571. The highest BCUT2D eigenvalue weighted by molar-refractivity contribution is 9.09. The first-order chi connectivity index (χ1) is 7.79. The van der Waals surface area contributed by atoms with Crippen LogP contribution in [0.4, 0.5) is 0 Å². The molecule has 1 aromatic carbocycles. The third kappa shape index (κ3) is 3.60. The molecule has 0 heterocycles. The summed E-state index contributed by atoms with van der Waals surface area (Å²) in [6.45, 7) is 3.93. The predicted octanol–water partition coefficient (Wildman–Crippen LogP) is 3.90. The molecule has 16 heavy (non-hydrogen) atoms. The normalized spacial score (nSPS) is 17.4. The molecule has 1 aliphatic rings. The van der Waals surface area contributed by atoms with Crippen molar-refractivity contribution in [1.29, 1.82) is 0 Å². The summed E-state index contributed by atoms with van der Waals surface area (Å²) in [6.07, 6.45) is 2.73. The van der Waals surface area contributed by atoms with E-state index < -0.39 is 0 Å². The van der Waals surface area contributed by atoms with Crippen molar-refractivity contribution in [3.8, 4) is 0 Å². The van der Waals surface area contributed by atoms with E-state index in [0.717, 1.165) is 24.5 Å². The van der Waals surface area contributed by atoms with Crippen LogP contribution in [-0.2, 0) is 4.74 Å². The van der Waals surface area contributed by atoms with E-state index in [2.05, 4.69) is 47.1 Å². The highest BCUT2D eigenvalue weighted by Gasteiger charge is 2.22. The molecule has 0 radical (unpaired) electrons. The second-order valence-electron chi connectivity index (χ2n) is 4.75. The van der Waals surface area contributed by atoms with E-state index in [9.17, 15) is 0 Å². The van der Waals surface area contributed by atoms with Gasteiger partial charge in [0.25, 0.3) is 0 Å². The van der Waals surface area contributed by atoms with Crippen molar-refractivity contribution >= 4 is 15.9 Å². The van der Waals surface area contributed by atoms with Crippen LogP contribution in [0.1, 0.15) is 29.9 Å². The van der Waals surface area contributed by atoms with Crippen molar-refractivity contribution in [1.82, 2.24) is 0 Å². The number of hydrogen-bond acceptors (Lipinski definition) is 1. The van der Waals surface area contributed by atoms with E-state index in [0.29, 0.717) is 5.92 Å². The van der Waals surface area contributed by atoms with Gasteiger partial charge < -0.3 is 4.74 Å². The van der Waals surface area contributed by atoms with Gasteiger partial charge in [0.1, 0.15) is 0 Å². The zero-order valence-electron chi connectivity index (χ0n) is 9.79. The first-order valence-corrected chi connectivity index (χ1v) is 7.12. The smallest absolute Gasteiger partial charge is 0.0542 e. The summed E-state index contributed by atoms with van der Waals surface area (Å²) in [7, 11) is 0. The zero-order valence-corrected chi connectivity index (χ0v) is 11.4. The molecule has 1 saturated carbocycles. The number of alkyl halides is 1. The lowest BCUT2D eigenvalue weighted by molar-refractivity contribution is 0.115. The Bertz CT molecular complexity index is 333. The maximum Gasteiger partial charge on any atom is 0.0542 e. The molecule has 0 bridgehead atoms. The number of hydrogen-bond donors (Lipinski definition) is 0. The Morgan fingerprint density at radius 1 is 1.44 bits per heavy atom. The van der Waals surface area contributed by atoms with Gasteiger partial charge in [-0.25, -0.2) is 0 Å². The highest BCUT2D eigenvalue weighted by atomic mass is 79.9. The third-order valence-electron chi connectivity index (χ3n) is 3.07. The minimum atomic E-state index is 0.485. The van der Waals surface area contributed by atoms with Crippen LogP contribution in [0.15, 0.2) is 24.3 Å². The summed E-state index contributed by atoms with van der Waals surface area (Å²) in [5.74, 6) is 1.34. The maximum atomic E-state index is 5.77. The van der Waals surface area contributed by atoms with Gasteiger partial charge in [0, 0.05) is 17.9 Å².